The van der Waals surface area contributed by atoms with Gasteiger partial charge in [0.05, 0.1) is 5.41 Å². The standard InChI is InChI=1S/C11H16N4O3S/c16-8(12-10-13-14-15-19-10)7-11(9(17)18)5-3-1-2-4-6-11/h1-7H2,(H,17,18)(H,12,13,15,16). The second-order valence-corrected chi connectivity index (χ2v) is 5.62. The van der Waals surface area contributed by atoms with Gasteiger partial charge < -0.3 is 5.11 Å². The molecule has 1 fully saturated rings. The highest BCUT2D eigenvalue weighted by molar-refractivity contribution is 7.09. The van der Waals surface area contributed by atoms with Crippen LogP contribution in [0.3, 0.4) is 0 Å². The van der Waals surface area contributed by atoms with E-state index in [0.717, 1.165) is 37.2 Å². The van der Waals surface area contributed by atoms with Crippen LogP contribution in [-0.4, -0.2) is 31.8 Å². The number of nitrogens with one attached hydrogen (secondary N) is 1. The summed E-state index contributed by atoms with van der Waals surface area (Å²) in [6, 6.07) is 0. The molecule has 1 saturated carbocycles. The SMILES string of the molecule is O=C(CC1(C(=O)O)CCCCCC1)Nc1nnns1. The minimum absolute atomic E-state index is 0.0120. The number of nitrogens with zero attached hydrogens (tertiary/aromatic N) is 3. The molecule has 19 heavy (non-hydrogen) atoms. The first-order valence-corrected chi connectivity index (χ1v) is 7.08. The summed E-state index contributed by atoms with van der Waals surface area (Å²) in [5.74, 6) is -1.21. The minimum atomic E-state index is -0.932. The molecule has 0 aliphatic heterocycles. The molecule has 1 amide bonds. The summed E-state index contributed by atoms with van der Waals surface area (Å²) in [4.78, 5) is 23.5. The van der Waals surface area contributed by atoms with Crippen LogP contribution in [0.15, 0.2) is 0 Å². The maximum Gasteiger partial charge on any atom is 0.310 e. The van der Waals surface area contributed by atoms with Crippen molar-refractivity contribution in [3.05, 3.63) is 0 Å². The van der Waals surface area contributed by atoms with Gasteiger partial charge in [0, 0.05) is 18.0 Å². The smallest absolute Gasteiger partial charge is 0.310 e. The fourth-order valence-electron chi connectivity index (χ4n) is 2.52. The molecule has 1 aromatic heterocycles. The Bertz CT molecular complexity index is 441. The third kappa shape index (κ3) is 3.46. The summed E-state index contributed by atoms with van der Waals surface area (Å²) in [5, 5.41) is 19.3. The highest BCUT2D eigenvalue weighted by Crippen LogP contribution is 2.38. The van der Waals surface area contributed by atoms with Gasteiger partial charge in [0.25, 0.3) is 0 Å². The van der Waals surface area contributed by atoms with Gasteiger partial charge in [-0.3, -0.25) is 14.9 Å². The number of hydrogen-bond acceptors (Lipinski definition) is 6. The number of anilines is 1. The van der Waals surface area contributed by atoms with Crippen LogP contribution in [0.25, 0.3) is 0 Å². The zero-order valence-electron chi connectivity index (χ0n) is 10.5. The van der Waals surface area contributed by atoms with Gasteiger partial charge in [0.2, 0.25) is 11.0 Å². The van der Waals surface area contributed by atoms with Gasteiger partial charge in [0.1, 0.15) is 0 Å². The number of carboxylic acid groups (broad SMARTS) is 1. The molecule has 1 aromatic rings. The molecule has 104 valence electrons. The van der Waals surface area contributed by atoms with Crippen molar-refractivity contribution in [2.45, 2.75) is 44.9 Å². The lowest BCUT2D eigenvalue weighted by molar-refractivity contribution is -0.152. The van der Waals surface area contributed by atoms with Crippen LogP contribution in [0.2, 0.25) is 0 Å². The van der Waals surface area contributed by atoms with Gasteiger partial charge in [0.15, 0.2) is 0 Å². The average Bonchev–Trinajstić information content (AvgIpc) is 2.73. The van der Waals surface area contributed by atoms with E-state index in [1.807, 2.05) is 0 Å². The van der Waals surface area contributed by atoms with Crippen LogP contribution in [0, 0.1) is 5.41 Å². The molecule has 0 unspecified atom stereocenters. The van der Waals surface area contributed by atoms with E-state index in [1.54, 1.807) is 0 Å². The van der Waals surface area contributed by atoms with Crippen LogP contribution >= 0.6 is 11.5 Å². The molecule has 0 atom stereocenters. The predicted molar refractivity (Wildman–Crippen MR) is 68.7 cm³/mol. The minimum Gasteiger partial charge on any atom is -0.481 e. The van der Waals surface area contributed by atoms with Crippen molar-refractivity contribution in [3.63, 3.8) is 0 Å². The number of carboxylic acids is 1. The Morgan fingerprint density at radius 2 is 1.95 bits per heavy atom. The Balaban J connectivity index is 2.03. The van der Waals surface area contributed by atoms with Crippen LogP contribution in [0.4, 0.5) is 5.13 Å². The monoisotopic (exact) mass is 284 g/mol. The van der Waals surface area contributed by atoms with Crippen LogP contribution in [0.5, 0.6) is 0 Å². The quantitative estimate of drug-likeness (QED) is 0.815. The molecular formula is C11H16N4O3S. The number of hydrogen-bond donors (Lipinski definition) is 2. The van der Waals surface area contributed by atoms with Crippen LogP contribution < -0.4 is 5.32 Å². The summed E-state index contributed by atoms with van der Waals surface area (Å²) in [6.07, 6.45) is 4.91. The number of carbonyl (C=O) groups excluding carboxylic acids is 1. The van der Waals surface area contributed by atoms with Crippen molar-refractivity contribution < 1.29 is 14.7 Å². The Kier molecular flexibility index (Phi) is 4.41. The molecule has 0 saturated heterocycles. The van der Waals surface area contributed by atoms with Gasteiger partial charge in [-0.2, -0.15) is 0 Å². The second kappa shape index (κ2) is 6.05. The first-order valence-electron chi connectivity index (χ1n) is 6.31. The molecule has 2 rings (SSSR count). The summed E-state index contributed by atoms with van der Waals surface area (Å²) < 4.78 is 3.54. The largest absolute Gasteiger partial charge is 0.481 e. The molecular weight excluding hydrogens is 268 g/mol. The van der Waals surface area contributed by atoms with E-state index in [4.69, 9.17) is 0 Å². The van der Waals surface area contributed by atoms with Gasteiger partial charge in [-0.1, -0.05) is 35.3 Å². The molecule has 8 heteroatoms. The van der Waals surface area contributed by atoms with Gasteiger partial charge >= 0.3 is 5.97 Å². The Labute approximate surface area is 114 Å². The van der Waals surface area contributed by atoms with Crippen molar-refractivity contribution in [1.29, 1.82) is 0 Å². The molecule has 0 bridgehead atoms. The Morgan fingerprint density at radius 1 is 1.26 bits per heavy atom. The molecule has 1 aliphatic rings. The average molecular weight is 284 g/mol. The number of carbonyl (C=O) groups is 2. The summed E-state index contributed by atoms with van der Waals surface area (Å²) in [5.41, 5.74) is -0.932. The first-order chi connectivity index (χ1) is 9.12. The van der Waals surface area contributed by atoms with Crippen molar-refractivity contribution in [2.24, 2.45) is 5.41 Å². The fourth-order valence-corrected chi connectivity index (χ4v) is 2.91. The van der Waals surface area contributed by atoms with Gasteiger partial charge in [-0.25, -0.2) is 0 Å². The van der Waals surface area contributed by atoms with Crippen molar-refractivity contribution in [1.82, 2.24) is 14.8 Å². The van der Waals surface area contributed by atoms with Gasteiger partial charge in [-0.05, 0) is 18.1 Å². The van der Waals surface area contributed by atoms with Crippen molar-refractivity contribution in [3.8, 4) is 0 Å². The number of amides is 1. The lowest BCUT2D eigenvalue weighted by atomic mass is 9.77. The zero-order chi connectivity index (χ0) is 13.7. The molecule has 1 heterocycles. The normalized spacial score (nSPS) is 18.5. The Hall–Kier alpha value is -1.57. The van der Waals surface area contributed by atoms with Crippen LogP contribution in [-0.2, 0) is 9.59 Å². The maximum atomic E-state index is 11.9. The van der Waals surface area contributed by atoms with E-state index >= 15 is 0 Å². The van der Waals surface area contributed by atoms with E-state index in [1.165, 1.54) is 0 Å². The summed E-state index contributed by atoms with van der Waals surface area (Å²) in [7, 11) is 0. The van der Waals surface area contributed by atoms with Crippen molar-refractivity contribution in [2.75, 3.05) is 5.32 Å². The molecule has 0 spiro atoms. The van der Waals surface area contributed by atoms with E-state index in [2.05, 4.69) is 20.1 Å². The third-order valence-electron chi connectivity index (χ3n) is 3.56. The molecule has 1 aliphatic carbocycles. The molecule has 7 nitrogen and oxygen atoms in total. The lowest BCUT2D eigenvalue weighted by Crippen LogP contribution is -2.35. The zero-order valence-corrected chi connectivity index (χ0v) is 11.3. The summed E-state index contributed by atoms with van der Waals surface area (Å²) in [6.45, 7) is 0. The predicted octanol–water partition coefficient (Wildman–Crippen LogP) is 1.69. The van der Waals surface area contributed by atoms with E-state index in [9.17, 15) is 14.7 Å². The molecule has 2 N–H and O–H groups in total. The number of aromatic nitrogens is 3. The third-order valence-corrected chi connectivity index (χ3v) is 4.07. The van der Waals surface area contributed by atoms with Gasteiger partial charge in [-0.15, -0.1) is 0 Å². The topological polar surface area (TPSA) is 105 Å². The summed E-state index contributed by atoms with van der Waals surface area (Å²) >= 11 is 0.973. The molecule has 0 radical (unpaired) electrons. The second-order valence-electron chi connectivity index (χ2n) is 4.89. The van der Waals surface area contributed by atoms with Crippen molar-refractivity contribution >= 4 is 28.5 Å². The first kappa shape index (κ1) is 13.9. The Morgan fingerprint density at radius 3 is 2.47 bits per heavy atom. The van der Waals surface area contributed by atoms with E-state index in [-0.39, 0.29) is 12.3 Å². The molecule has 0 aromatic carbocycles. The highest BCUT2D eigenvalue weighted by Gasteiger charge is 2.40. The highest BCUT2D eigenvalue weighted by atomic mass is 32.1. The van der Waals surface area contributed by atoms with Crippen LogP contribution in [0.1, 0.15) is 44.9 Å². The fraction of sp³-hybridized carbons (Fsp3) is 0.727. The number of aliphatic carboxylic acids is 1. The number of rotatable bonds is 4. The van der Waals surface area contributed by atoms with E-state index < -0.39 is 11.4 Å². The lowest BCUT2D eigenvalue weighted by Gasteiger charge is -2.26. The van der Waals surface area contributed by atoms with E-state index in [0.29, 0.717) is 18.0 Å². The maximum absolute atomic E-state index is 11.9.